The van der Waals surface area contributed by atoms with Crippen molar-refractivity contribution >= 4 is 11.4 Å². The molecule has 0 unspecified atom stereocenters. The van der Waals surface area contributed by atoms with E-state index in [9.17, 15) is 5.84 Å². The number of nitrogens with one attached hydrogen (secondary N) is 1. The molecule has 198 valence electrons. The van der Waals surface area contributed by atoms with Gasteiger partial charge in [0.05, 0.1) is 11.1 Å². The molecule has 0 saturated heterocycles. The van der Waals surface area contributed by atoms with Gasteiger partial charge in [-0.1, -0.05) is 102 Å². The normalized spacial score (nSPS) is 15.1. The largest absolute Gasteiger partial charge is 0.448 e. The van der Waals surface area contributed by atoms with Crippen LogP contribution in [0.4, 0.5) is 0 Å². The fourth-order valence-corrected chi connectivity index (χ4v) is 4.97. The number of allylic oxidation sites excluding steroid dienone is 5. The second kappa shape index (κ2) is 15.4. The maximum absolute atomic E-state index is 9.36. The third-order valence-electron chi connectivity index (χ3n) is 7.24. The average Bonchev–Trinajstić information content (AvgIpc) is 3.20. The van der Waals surface area contributed by atoms with Crippen LogP contribution in [-0.2, 0) is 12.8 Å². The van der Waals surface area contributed by atoms with Gasteiger partial charge in [0.25, 0.3) is 0 Å². The zero-order valence-corrected chi connectivity index (χ0v) is 23.8. The van der Waals surface area contributed by atoms with Gasteiger partial charge in [-0.25, -0.2) is 4.68 Å². The number of hydrogen-bond acceptors (Lipinski definition) is 0. The van der Waals surface area contributed by atoms with Crippen molar-refractivity contribution in [2.24, 2.45) is 0 Å². The van der Waals surface area contributed by atoms with Gasteiger partial charge in [-0.2, -0.15) is 0 Å². The third kappa shape index (κ3) is 7.81. The van der Waals surface area contributed by atoms with Gasteiger partial charge in [0, 0.05) is 11.1 Å². The first kappa shape index (κ1) is 28.7. The lowest BCUT2D eigenvalue weighted by Gasteiger charge is -2.09. The van der Waals surface area contributed by atoms with Gasteiger partial charge >= 0.3 is 0 Å². The van der Waals surface area contributed by atoms with Crippen molar-refractivity contribution in [1.82, 2.24) is 0 Å². The number of hydrogen-bond donors (Lipinski definition) is 0. The predicted molar refractivity (Wildman–Crippen MR) is 162 cm³/mol. The highest BCUT2D eigenvalue weighted by molar-refractivity contribution is 6.17. The molecule has 1 N–H and O–H groups in total. The van der Waals surface area contributed by atoms with Crippen molar-refractivity contribution in [3.8, 4) is 0 Å². The van der Waals surface area contributed by atoms with Crippen LogP contribution in [0.3, 0.4) is 0 Å². The minimum Gasteiger partial charge on any atom is -0.448 e. The molecular weight excluding hydrogens is 448 g/mol. The minimum absolute atomic E-state index is 1.00. The van der Waals surface area contributed by atoms with E-state index >= 15 is 0 Å². The molecule has 0 spiro atoms. The average molecular weight is 497 g/mol. The molecule has 0 amide bonds. The van der Waals surface area contributed by atoms with E-state index in [4.69, 9.17) is 0 Å². The molecule has 0 aromatic heterocycles. The fourth-order valence-electron chi connectivity index (χ4n) is 4.97. The van der Waals surface area contributed by atoms with E-state index in [1.165, 1.54) is 67.2 Å². The van der Waals surface area contributed by atoms with Crippen LogP contribution in [0.5, 0.6) is 0 Å². The highest BCUT2D eigenvalue weighted by Gasteiger charge is 2.34. The maximum Gasteiger partial charge on any atom is 0.216 e. The van der Waals surface area contributed by atoms with Crippen LogP contribution in [0, 0.1) is 0 Å². The van der Waals surface area contributed by atoms with Gasteiger partial charge in [-0.15, -0.1) is 0 Å². The Kier molecular flexibility index (Phi) is 11.9. The van der Waals surface area contributed by atoms with Crippen molar-refractivity contribution < 1.29 is 4.68 Å². The van der Waals surface area contributed by atoms with E-state index < -0.39 is 0 Å². The number of unbranched alkanes of at least 4 members (excludes halogenated alkanes) is 6. The van der Waals surface area contributed by atoms with Crippen LogP contribution < -0.4 is 0 Å². The molecule has 0 atom stereocenters. The van der Waals surface area contributed by atoms with E-state index in [-0.39, 0.29) is 0 Å². The number of aryl methyl sites for hydroxylation is 2. The lowest BCUT2D eigenvalue weighted by atomic mass is 9.93. The molecule has 1 aliphatic rings. The first-order valence-corrected chi connectivity index (χ1v) is 14.8. The maximum atomic E-state index is 9.36. The summed E-state index contributed by atoms with van der Waals surface area (Å²) in [6, 6.07) is 17.9. The van der Waals surface area contributed by atoms with Crippen LogP contribution in [0.1, 0.15) is 114 Å². The molecule has 1 heterocycles. The fraction of sp³-hybridized carbons (Fsp3) is 0.457. The highest BCUT2D eigenvalue weighted by Crippen LogP contribution is 2.36. The Bertz CT molecular complexity index is 1090. The monoisotopic (exact) mass is 496 g/mol. The van der Waals surface area contributed by atoms with Crippen LogP contribution in [0.25, 0.3) is 11.5 Å². The lowest BCUT2D eigenvalue weighted by Crippen LogP contribution is -2.11. The van der Waals surface area contributed by atoms with Gasteiger partial charge in [0.1, 0.15) is 0 Å². The summed E-state index contributed by atoms with van der Waals surface area (Å²) in [5.74, 6) is 9.36. The Labute approximate surface area is 226 Å². The molecule has 0 aliphatic carbocycles. The summed E-state index contributed by atoms with van der Waals surface area (Å²) in [7, 11) is 0. The van der Waals surface area contributed by atoms with Crippen molar-refractivity contribution in [2.45, 2.75) is 105 Å². The zero-order valence-electron chi connectivity index (χ0n) is 23.8. The Morgan fingerprint density at radius 2 is 1.22 bits per heavy atom. The molecule has 0 fully saturated rings. The van der Waals surface area contributed by atoms with Gasteiger partial charge in [0.2, 0.25) is 11.4 Å². The summed E-state index contributed by atoms with van der Waals surface area (Å²) in [5, 5.41) is 0. The van der Waals surface area contributed by atoms with Crippen LogP contribution in [-0.4, -0.2) is 10.4 Å². The molecule has 2 heteroatoms. The molecule has 3 rings (SSSR count). The van der Waals surface area contributed by atoms with Crippen molar-refractivity contribution in [1.29, 1.82) is 0 Å². The molecule has 2 aromatic carbocycles. The van der Waals surface area contributed by atoms with Crippen LogP contribution in [0.2, 0.25) is 0 Å². The Morgan fingerprint density at radius 1 is 0.649 bits per heavy atom. The third-order valence-corrected chi connectivity index (χ3v) is 7.24. The predicted octanol–water partition coefficient (Wildman–Crippen LogP) is 10.4. The smallest absolute Gasteiger partial charge is 0.216 e. The van der Waals surface area contributed by atoms with Crippen LogP contribution >= 0.6 is 0 Å². The molecule has 1 aliphatic heterocycles. The molecule has 0 bridgehead atoms. The Balaban J connectivity index is 2.07. The quantitative estimate of drug-likeness (QED) is 0.173. The first-order valence-electron chi connectivity index (χ1n) is 14.8. The molecular formula is C35H48N2. The van der Waals surface area contributed by atoms with E-state index in [0.29, 0.717) is 0 Å². The van der Waals surface area contributed by atoms with Crippen LogP contribution in [0.15, 0.2) is 77.9 Å². The zero-order chi connectivity index (χ0) is 26.5. The van der Waals surface area contributed by atoms with E-state index in [0.717, 1.165) is 54.6 Å². The number of benzene rings is 2. The van der Waals surface area contributed by atoms with Gasteiger partial charge in [0.15, 0.2) is 0 Å². The highest BCUT2D eigenvalue weighted by atomic mass is 15.3. The number of nitrogens with zero attached hydrogens (tertiary/aromatic N) is 1. The molecule has 37 heavy (non-hydrogen) atoms. The summed E-state index contributed by atoms with van der Waals surface area (Å²) < 4.78 is 1.70. The molecule has 2 aromatic rings. The summed E-state index contributed by atoms with van der Waals surface area (Å²) in [4.78, 5) is 0. The Hall–Kier alpha value is -2.87. The first-order chi connectivity index (χ1) is 18.1. The van der Waals surface area contributed by atoms with E-state index in [1.54, 1.807) is 4.68 Å². The minimum atomic E-state index is 1.00. The van der Waals surface area contributed by atoms with E-state index in [1.807, 2.05) is 0 Å². The molecule has 2 nitrogen and oxygen atoms in total. The standard InChI is InChI=1S/C35H48N2/c1-5-9-13-14-15-19-33-32(18-12-8-4)34(30-24-20-28(21-25-30)16-10-6-2)37(36)35(33)31-26-22-29(23-27-31)17-11-7-3/h15,18-27,36H,5-14,16-17H2,1-4H3. The van der Waals surface area contributed by atoms with Crippen molar-refractivity contribution in [3.63, 3.8) is 0 Å². The molecule has 0 saturated carbocycles. The lowest BCUT2D eigenvalue weighted by molar-refractivity contribution is -0.347. The topological polar surface area (TPSA) is 26.8 Å². The van der Waals surface area contributed by atoms with Crippen molar-refractivity contribution in [3.05, 3.63) is 106 Å². The second-order valence-electron chi connectivity index (χ2n) is 10.4. The summed E-state index contributed by atoms with van der Waals surface area (Å²) >= 11 is 0. The summed E-state index contributed by atoms with van der Waals surface area (Å²) in [6.07, 6.45) is 21.0. The van der Waals surface area contributed by atoms with Gasteiger partial charge < -0.3 is 5.84 Å². The summed E-state index contributed by atoms with van der Waals surface area (Å²) in [5.41, 5.74) is 9.42. The van der Waals surface area contributed by atoms with E-state index in [2.05, 4.69) is 94.5 Å². The van der Waals surface area contributed by atoms with Gasteiger partial charge in [-0.3, -0.25) is 0 Å². The summed E-state index contributed by atoms with van der Waals surface area (Å²) in [6.45, 7) is 8.97. The molecule has 0 radical (unpaired) electrons. The van der Waals surface area contributed by atoms with Crippen molar-refractivity contribution in [2.75, 3.05) is 0 Å². The number of rotatable bonds is 15. The van der Waals surface area contributed by atoms with Gasteiger partial charge in [-0.05, 0) is 80.3 Å². The second-order valence-corrected chi connectivity index (χ2v) is 10.4. The Morgan fingerprint density at radius 3 is 1.76 bits per heavy atom. The SMILES string of the molecule is CCCC=C1C(C=CCCCCC)=C(c2ccc(CCCC)cc2)[N+]([NH-])=C1c1ccc(CCCC)cc1.